The molecule has 2 N–H and O–H groups in total. The summed E-state index contributed by atoms with van der Waals surface area (Å²) in [5.74, 6) is -1.74. The van der Waals surface area contributed by atoms with Crippen LogP contribution >= 0.6 is 0 Å². The molecule has 3 amide bonds. The molecular weight excluding hydrogens is 350 g/mol. The van der Waals surface area contributed by atoms with E-state index in [1.165, 1.54) is 4.90 Å². The fraction of sp³-hybridized carbons (Fsp3) is 0.444. The van der Waals surface area contributed by atoms with Gasteiger partial charge in [0, 0.05) is 44.3 Å². The molecule has 9 heteroatoms. The van der Waals surface area contributed by atoms with Crippen LogP contribution < -0.4 is 15.6 Å². The van der Waals surface area contributed by atoms with Gasteiger partial charge in [-0.2, -0.15) is 5.10 Å². The van der Waals surface area contributed by atoms with E-state index in [0.29, 0.717) is 37.7 Å². The van der Waals surface area contributed by atoms with Crippen LogP contribution in [0.25, 0.3) is 0 Å². The molecule has 1 aliphatic heterocycles. The van der Waals surface area contributed by atoms with E-state index in [0.717, 1.165) is 5.69 Å². The molecule has 1 heterocycles. The number of anilines is 2. The Morgan fingerprint density at radius 3 is 2.37 bits per heavy atom. The normalized spacial score (nSPS) is 14.5. The SMILES string of the molecule is CC(CC(=O)Nc1ccc(N(C)C)cc1)=NNC(=O)C(=O)N1CCOCC1. The number of rotatable bonds is 5. The number of hydrogen-bond donors (Lipinski definition) is 2. The number of carbonyl (C=O) groups excluding carboxylic acids is 3. The molecule has 0 atom stereocenters. The van der Waals surface area contributed by atoms with Crippen molar-refractivity contribution in [1.29, 1.82) is 0 Å². The van der Waals surface area contributed by atoms with E-state index in [1.807, 2.05) is 43.3 Å². The van der Waals surface area contributed by atoms with Crippen LogP contribution in [-0.4, -0.2) is 68.7 Å². The summed E-state index contributed by atoms with van der Waals surface area (Å²) >= 11 is 0. The highest BCUT2D eigenvalue weighted by Gasteiger charge is 2.23. The van der Waals surface area contributed by atoms with E-state index in [9.17, 15) is 14.4 Å². The van der Waals surface area contributed by atoms with Gasteiger partial charge in [0.15, 0.2) is 0 Å². The Kier molecular flexibility index (Phi) is 7.30. The number of nitrogens with one attached hydrogen (secondary N) is 2. The van der Waals surface area contributed by atoms with Gasteiger partial charge in [-0.3, -0.25) is 14.4 Å². The van der Waals surface area contributed by atoms with Crippen LogP contribution in [0, 0.1) is 0 Å². The summed E-state index contributed by atoms with van der Waals surface area (Å²) < 4.78 is 5.14. The number of ether oxygens (including phenoxy) is 1. The van der Waals surface area contributed by atoms with Gasteiger partial charge in [-0.1, -0.05) is 0 Å². The largest absolute Gasteiger partial charge is 0.378 e. The first-order valence-electron chi connectivity index (χ1n) is 8.64. The smallest absolute Gasteiger partial charge is 0.329 e. The predicted octanol–water partition coefficient (Wildman–Crippen LogP) is 0.432. The van der Waals surface area contributed by atoms with Crippen LogP contribution in [0.2, 0.25) is 0 Å². The van der Waals surface area contributed by atoms with Crippen LogP contribution in [0.5, 0.6) is 0 Å². The van der Waals surface area contributed by atoms with Gasteiger partial charge < -0.3 is 19.9 Å². The first kappa shape index (κ1) is 20.4. The third-order valence-corrected chi connectivity index (χ3v) is 3.92. The maximum atomic E-state index is 12.1. The van der Waals surface area contributed by atoms with Gasteiger partial charge in [0.25, 0.3) is 0 Å². The number of benzene rings is 1. The molecule has 0 aliphatic carbocycles. The van der Waals surface area contributed by atoms with Gasteiger partial charge in [-0.15, -0.1) is 0 Å². The number of hydrazone groups is 1. The zero-order valence-corrected chi connectivity index (χ0v) is 15.8. The Morgan fingerprint density at radius 2 is 1.78 bits per heavy atom. The Labute approximate surface area is 158 Å². The van der Waals surface area contributed by atoms with E-state index in [2.05, 4.69) is 15.8 Å². The number of nitrogens with zero attached hydrogens (tertiary/aromatic N) is 3. The van der Waals surface area contributed by atoms with Crippen LogP contribution in [0.4, 0.5) is 11.4 Å². The van der Waals surface area contributed by atoms with E-state index < -0.39 is 11.8 Å². The summed E-state index contributed by atoms with van der Waals surface area (Å²) in [6.07, 6.45) is 0.00145. The fourth-order valence-electron chi connectivity index (χ4n) is 2.42. The summed E-state index contributed by atoms with van der Waals surface area (Å²) in [6.45, 7) is 3.19. The highest BCUT2D eigenvalue weighted by molar-refractivity contribution is 6.35. The first-order chi connectivity index (χ1) is 12.9. The minimum Gasteiger partial charge on any atom is -0.378 e. The molecule has 2 rings (SSSR count). The molecule has 27 heavy (non-hydrogen) atoms. The molecule has 0 spiro atoms. The Bertz CT molecular complexity index is 709. The van der Waals surface area contributed by atoms with E-state index >= 15 is 0 Å². The molecule has 146 valence electrons. The lowest BCUT2D eigenvalue weighted by atomic mass is 10.2. The summed E-state index contributed by atoms with van der Waals surface area (Å²) in [4.78, 5) is 39.2. The van der Waals surface area contributed by atoms with E-state index in [-0.39, 0.29) is 12.3 Å². The van der Waals surface area contributed by atoms with Gasteiger partial charge in [0.2, 0.25) is 5.91 Å². The molecule has 1 aromatic carbocycles. The van der Waals surface area contributed by atoms with Crippen molar-refractivity contribution in [2.45, 2.75) is 13.3 Å². The van der Waals surface area contributed by atoms with Crippen molar-refractivity contribution in [2.24, 2.45) is 5.10 Å². The standard InChI is InChI=1S/C18H25N5O4/c1-13(20-21-17(25)18(26)23-8-10-27-11-9-23)12-16(24)19-14-4-6-15(7-5-14)22(2)3/h4-7H,8-12H2,1-3H3,(H,19,24)(H,21,25). The zero-order chi connectivity index (χ0) is 19.8. The molecule has 0 unspecified atom stereocenters. The quantitative estimate of drug-likeness (QED) is 0.441. The van der Waals surface area contributed by atoms with Crippen LogP contribution in [0.3, 0.4) is 0 Å². The number of carbonyl (C=O) groups is 3. The first-order valence-corrected chi connectivity index (χ1v) is 8.64. The highest BCUT2D eigenvalue weighted by atomic mass is 16.5. The summed E-state index contributed by atoms with van der Waals surface area (Å²) in [7, 11) is 3.87. The second kappa shape index (κ2) is 9.67. The average molecular weight is 375 g/mol. The fourth-order valence-corrected chi connectivity index (χ4v) is 2.42. The second-order valence-electron chi connectivity index (χ2n) is 6.36. The topological polar surface area (TPSA) is 103 Å². The molecular formula is C18H25N5O4. The molecule has 0 saturated carbocycles. The van der Waals surface area contributed by atoms with Crippen molar-refractivity contribution >= 4 is 34.8 Å². The van der Waals surface area contributed by atoms with Gasteiger partial charge in [0.05, 0.1) is 19.6 Å². The second-order valence-corrected chi connectivity index (χ2v) is 6.36. The molecule has 1 aliphatic rings. The van der Waals surface area contributed by atoms with Crippen molar-refractivity contribution < 1.29 is 19.1 Å². The molecule has 1 fully saturated rings. The molecule has 0 aromatic heterocycles. The summed E-state index contributed by atoms with van der Waals surface area (Å²) in [5.41, 5.74) is 4.29. The summed E-state index contributed by atoms with van der Waals surface area (Å²) in [5, 5.41) is 6.59. The zero-order valence-electron chi connectivity index (χ0n) is 15.8. The maximum Gasteiger partial charge on any atom is 0.329 e. The van der Waals surface area contributed by atoms with Crippen molar-refractivity contribution in [2.75, 3.05) is 50.6 Å². The van der Waals surface area contributed by atoms with Gasteiger partial charge >= 0.3 is 11.8 Å². The molecule has 0 bridgehead atoms. The Hall–Kier alpha value is -2.94. The highest BCUT2D eigenvalue weighted by Crippen LogP contribution is 2.15. The van der Waals surface area contributed by atoms with Gasteiger partial charge in [-0.25, -0.2) is 5.43 Å². The lowest BCUT2D eigenvalue weighted by molar-refractivity contribution is -0.148. The number of morpholine rings is 1. The third-order valence-electron chi connectivity index (χ3n) is 3.92. The average Bonchev–Trinajstić information content (AvgIpc) is 2.66. The van der Waals surface area contributed by atoms with Gasteiger partial charge in [-0.05, 0) is 31.2 Å². The van der Waals surface area contributed by atoms with Crippen LogP contribution in [0.15, 0.2) is 29.4 Å². The maximum absolute atomic E-state index is 12.1. The minimum atomic E-state index is -0.823. The van der Waals surface area contributed by atoms with Crippen LogP contribution in [0.1, 0.15) is 13.3 Å². The minimum absolute atomic E-state index is 0.00145. The Balaban J connectivity index is 1.80. The lowest BCUT2D eigenvalue weighted by Gasteiger charge is -2.25. The number of amides is 3. The lowest BCUT2D eigenvalue weighted by Crippen LogP contribution is -2.47. The summed E-state index contributed by atoms with van der Waals surface area (Å²) in [6, 6.07) is 7.41. The molecule has 1 saturated heterocycles. The van der Waals surface area contributed by atoms with Crippen molar-refractivity contribution in [3.8, 4) is 0 Å². The van der Waals surface area contributed by atoms with E-state index in [4.69, 9.17) is 4.74 Å². The molecule has 9 nitrogen and oxygen atoms in total. The van der Waals surface area contributed by atoms with Gasteiger partial charge in [0.1, 0.15) is 0 Å². The predicted molar refractivity (Wildman–Crippen MR) is 103 cm³/mol. The van der Waals surface area contributed by atoms with Crippen molar-refractivity contribution in [3.05, 3.63) is 24.3 Å². The molecule has 1 aromatic rings. The van der Waals surface area contributed by atoms with Crippen LogP contribution in [-0.2, 0) is 19.1 Å². The monoisotopic (exact) mass is 375 g/mol. The van der Waals surface area contributed by atoms with Crippen molar-refractivity contribution in [1.82, 2.24) is 10.3 Å². The molecule has 0 radical (unpaired) electrons. The van der Waals surface area contributed by atoms with Crippen molar-refractivity contribution in [3.63, 3.8) is 0 Å². The number of hydrogen-bond acceptors (Lipinski definition) is 6. The third kappa shape index (κ3) is 6.37. The Morgan fingerprint density at radius 1 is 1.15 bits per heavy atom. The van der Waals surface area contributed by atoms with E-state index in [1.54, 1.807) is 6.92 Å².